The number of rotatable bonds is 9. The van der Waals surface area contributed by atoms with Crippen molar-refractivity contribution in [2.75, 3.05) is 26.8 Å². The summed E-state index contributed by atoms with van der Waals surface area (Å²) in [7, 11) is 2.09. The van der Waals surface area contributed by atoms with Gasteiger partial charge >= 0.3 is 0 Å². The van der Waals surface area contributed by atoms with Crippen LogP contribution in [-0.4, -0.2) is 37.7 Å². The van der Waals surface area contributed by atoms with Gasteiger partial charge in [-0.2, -0.15) is 0 Å². The summed E-state index contributed by atoms with van der Waals surface area (Å²) < 4.78 is 11.2. The quantitative estimate of drug-likeness (QED) is 0.699. The van der Waals surface area contributed by atoms with Gasteiger partial charge in [-0.25, -0.2) is 0 Å². The Hall–Kier alpha value is -0.840. The molecule has 0 fully saturated rings. The Bertz CT molecular complexity index is 361. The van der Waals surface area contributed by atoms with Crippen molar-refractivity contribution < 1.29 is 9.15 Å². The monoisotopic (exact) mass is 268 g/mol. The summed E-state index contributed by atoms with van der Waals surface area (Å²) in [6, 6.07) is 2.65. The highest BCUT2D eigenvalue weighted by Gasteiger charge is 2.09. The molecule has 0 radical (unpaired) electrons. The van der Waals surface area contributed by atoms with Crippen LogP contribution in [0.4, 0.5) is 0 Å². The van der Waals surface area contributed by atoms with Gasteiger partial charge in [0.15, 0.2) is 0 Å². The van der Waals surface area contributed by atoms with E-state index in [1.54, 1.807) is 0 Å². The van der Waals surface area contributed by atoms with Crippen molar-refractivity contribution in [3.8, 4) is 0 Å². The molecular weight excluding hydrogens is 240 g/mol. The Morgan fingerprint density at radius 3 is 2.79 bits per heavy atom. The van der Waals surface area contributed by atoms with E-state index in [1.165, 1.54) is 5.56 Å². The minimum Gasteiger partial charge on any atom is -0.465 e. The molecule has 1 rings (SSSR count). The molecule has 0 atom stereocenters. The number of likely N-dealkylation sites (N-methyl/N-ethyl adjacent to an activating group) is 1. The molecule has 1 heterocycles. The number of ether oxygens (including phenoxy) is 1. The second kappa shape index (κ2) is 8.35. The smallest absolute Gasteiger partial charge is 0.118 e. The van der Waals surface area contributed by atoms with Crippen LogP contribution in [0, 0.1) is 6.92 Å². The second-order valence-electron chi connectivity index (χ2n) is 5.26. The summed E-state index contributed by atoms with van der Waals surface area (Å²) in [6.07, 6.45) is 0. The summed E-state index contributed by atoms with van der Waals surface area (Å²) in [5.41, 5.74) is 1.25. The molecule has 0 saturated heterocycles. The molecule has 0 bridgehead atoms. The summed E-state index contributed by atoms with van der Waals surface area (Å²) in [6.45, 7) is 12.5. The zero-order valence-corrected chi connectivity index (χ0v) is 13.0. The predicted molar refractivity (Wildman–Crippen MR) is 78.2 cm³/mol. The lowest BCUT2D eigenvalue weighted by atomic mass is 10.2. The fourth-order valence-electron chi connectivity index (χ4n) is 1.86. The van der Waals surface area contributed by atoms with Crippen molar-refractivity contribution in [1.82, 2.24) is 10.2 Å². The third-order valence-corrected chi connectivity index (χ3v) is 3.02. The third-order valence-electron chi connectivity index (χ3n) is 3.02. The molecule has 4 nitrogen and oxygen atoms in total. The maximum atomic E-state index is 5.80. The molecule has 0 spiro atoms. The van der Waals surface area contributed by atoms with Crippen LogP contribution in [0.1, 0.15) is 37.9 Å². The van der Waals surface area contributed by atoms with E-state index < -0.39 is 0 Å². The standard InChI is InChI=1S/C15H28N2O2/c1-6-18-8-7-17(5)11-15-9-14(13(4)19-15)10-16-12(2)3/h9,12,16H,6-8,10-11H2,1-5H3. The SMILES string of the molecule is CCOCCN(C)Cc1cc(CNC(C)C)c(C)o1. The van der Waals surface area contributed by atoms with Crippen molar-refractivity contribution in [2.45, 2.75) is 46.8 Å². The maximum absolute atomic E-state index is 5.80. The van der Waals surface area contributed by atoms with E-state index in [9.17, 15) is 0 Å². The van der Waals surface area contributed by atoms with Gasteiger partial charge in [-0.1, -0.05) is 13.8 Å². The molecule has 1 aromatic heterocycles. The van der Waals surface area contributed by atoms with Gasteiger partial charge in [0.1, 0.15) is 11.5 Å². The molecule has 4 heteroatoms. The second-order valence-corrected chi connectivity index (χ2v) is 5.26. The van der Waals surface area contributed by atoms with Crippen LogP contribution in [0.15, 0.2) is 10.5 Å². The first-order chi connectivity index (χ1) is 9.02. The van der Waals surface area contributed by atoms with E-state index in [0.29, 0.717) is 6.04 Å². The van der Waals surface area contributed by atoms with Crippen molar-refractivity contribution in [3.05, 3.63) is 23.2 Å². The molecule has 0 aliphatic rings. The molecule has 110 valence electrons. The van der Waals surface area contributed by atoms with Crippen molar-refractivity contribution in [2.24, 2.45) is 0 Å². The normalized spacial score (nSPS) is 11.7. The van der Waals surface area contributed by atoms with Crippen molar-refractivity contribution in [1.29, 1.82) is 0 Å². The highest BCUT2D eigenvalue weighted by molar-refractivity contribution is 5.20. The van der Waals surface area contributed by atoms with Crippen molar-refractivity contribution >= 4 is 0 Å². The van der Waals surface area contributed by atoms with E-state index in [0.717, 1.165) is 44.4 Å². The van der Waals surface area contributed by atoms with Crippen LogP contribution in [0.5, 0.6) is 0 Å². The molecular formula is C15H28N2O2. The minimum absolute atomic E-state index is 0.492. The minimum atomic E-state index is 0.492. The van der Waals surface area contributed by atoms with E-state index >= 15 is 0 Å². The van der Waals surface area contributed by atoms with Gasteiger partial charge in [-0.15, -0.1) is 0 Å². The van der Waals surface area contributed by atoms with Crippen LogP contribution < -0.4 is 5.32 Å². The van der Waals surface area contributed by atoms with Crippen LogP contribution in [-0.2, 0) is 17.8 Å². The van der Waals surface area contributed by atoms with Gasteiger partial charge in [-0.3, -0.25) is 4.90 Å². The zero-order chi connectivity index (χ0) is 14.3. The van der Waals surface area contributed by atoms with Crippen LogP contribution in [0.3, 0.4) is 0 Å². The number of nitrogens with zero attached hydrogens (tertiary/aromatic N) is 1. The molecule has 0 aliphatic heterocycles. The van der Waals surface area contributed by atoms with Gasteiger partial charge in [0.2, 0.25) is 0 Å². The molecule has 0 aliphatic carbocycles. The Morgan fingerprint density at radius 2 is 2.16 bits per heavy atom. The fourth-order valence-corrected chi connectivity index (χ4v) is 1.86. The fraction of sp³-hybridized carbons (Fsp3) is 0.733. The van der Waals surface area contributed by atoms with E-state index in [-0.39, 0.29) is 0 Å². The Balaban J connectivity index is 2.43. The molecule has 0 unspecified atom stereocenters. The Morgan fingerprint density at radius 1 is 1.42 bits per heavy atom. The Kier molecular flexibility index (Phi) is 7.13. The van der Waals surface area contributed by atoms with E-state index in [1.807, 2.05) is 13.8 Å². The summed E-state index contributed by atoms with van der Waals surface area (Å²) in [5, 5.41) is 3.42. The van der Waals surface area contributed by atoms with Crippen LogP contribution >= 0.6 is 0 Å². The van der Waals surface area contributed by atoms with Gasteiger partial charge in [0.25, 0.3) is 0 Å². The predicted octanol–water partition coefficient (Wildman–Crippen LogP) is 2.55. The maximum Gasteiger partial charge on any atom is 0.118 e. The third kappa shape index (κ3) is 6.23. The van der Waals surface area contributed by atoms with Crippen LogP contribution in [0.2, 0.25) is 0 Å². The number of hydrogen-bond donors (Lipinski definition) is 1. The zero-order valence-electron chi connectivity index (χ0n) is 13.0. The molecule has 0 saturated carbocycles. The lowest BCUT2D eigenvalue weighted by molar-refractivity contribution is 0.118. The molecule has 0 amide bonds. The lowest BCUT2D eigenvalue weighted by Crippen LogP contribution is -2.22. The lowest BCUT2D eigenvalue weighted by Gasteiger charge is -2.14. The van der Waals surface area contributed by atoms with Gasteiger partial charge in [-0.05, 0) is 27.0 Å². The largest absolute Gasteiger partial charge is 0.465 e. The molecule has 1 aromatic rings. The van der Waals surface area contributed by atoms with Gasteiger partial charge < -0.3 is 14.5 Å². The van der Waals surface area contributed by atoms with Gasteiger partial charge in [0.05, 0.1) is 13.2 Å². The number of hydrogen-bond acceptors (Lipinski definition) is 4. The number of furan rings is 1. The summed E-state index contributed by atoms with van der Waals surface area (Å²) in [5.74, 6) is 2.04. The molecule has 19 heavy (non-hydrogen) atoms. The van der Waals surface area contributed by atoms with E-state index in [2.05, 4.69) is 37.2 Å². The van der Waals surface area contributed by atoms with Crippen LogP contribution in [0.25, 0.3) is 0 Å². The molecule has 1 N–H and O–H groups in total. The first-order valence-electron chi connectivity index (χ1n) is 7.10. The first-order valence-corrected chi connectivity index (χ1v) is 7.10. The Labute approximate surface area is 117 Å². The summed E-state index contributed by atoms with van der Waals surface area (Å²) >= 11 is 0. The summed E-state index contributed by atoms with van der Waals surface area (Å²) in [4.78, 5) is 2.22. The number of aryl methyl sites for hydroxylation is 1. The highest BCUT2D eigenvalue weighted by atomic mass is 16.5. The first kappa shape index (κ1) is 16.2. The van der Waals surface area contributed by atoms with Gasteiger partial charge in [0, 0.05) is 31.3 Å². The topological polar surface area (TPSA) is 37.6 Å². The number of nitrogens with one attached hydrogen (secondary N) is 1. The average Bonchev–Trinajstić information content (AvgIpc) is 2.67. The highest BCUT2D eigenvalue weighted by Crippen LogP contribution is 2.16. The van der Waals surface area contributed by atoms with Crippen molar-refractivity contribution in [3.63, 3.8) is 0 Å². The molecule has 0 aromatic carbocycles. The average molecular weight is 268 g/mol. The van der Waals surface area contributed by atoms with E-state index in [4.69, 9.17) is 9.15 Å².